The Morgan fingerprint density at radius 2 is 1.82 bits per heavy atom. The minimum Gasteiger partial charge on any atom is -0.448 e. The van der Waals surface area contributed by atoms with Crippen molar-refractivity contribution in [3.05, 3.63) is 35.4 Å². The largest absolute Gasteiger partial charge is 0.448 e. The van der Waals surface area contributed by atoms with Crippen LogP contribution in [0.1, 0.15) is 15.9 Å². The predicted molar refractivity (Wildman–Crippen MR) is 62.2 cm³/mol. The quantitative estimate of drug-likeness (QED) is 0.604. The Morgan fingerprint density at radius 1 is 1.18 bits per heavy atom. The van der Waals surface area contributed by atoms with Gasteiger partial charge in [-0.3, -0.25) is 4.79 Å². The summed E-state index contributed by atoms with van der Waals surface area (Å²) in [4.78, 5) is 21.1. The molecule has 1 aromatic rings. The minimum atomic E-state index is -0.780. The van der Waals surface area contributed by atoms with Gasteiger partial charge in [0.25, 0.3) is 0 Å². The number of rotatable bonds is 6. The zero-order chi connectivity index (χ0) is 12.7. The van der Waals surface area contributed by atoms with Gasteiger partial charge in [-0.15, -0.1) is 0 Å². The average molecular weight is 237 g/mol. The fraction of sp³-hybridized carbons (Fsp3) is 0.273. The molecule has 0 bridgehead atoms. The highest BCUT2D eigenvalue weighted by Crippen LogP contribution is 2.03. The molecule has 92 valence electrons. The van der Waals surface area contributed by atoms with E-state index in [2.05, 4.69) is 10.1 Å². The van der Waals surface area contributed by atoms with Gasteiger partial charge in [-0.1, -0.05) is 12.1 Å². The van der Waals surface area contributed by atoms with Gasteiger partial charge >= 0.3 is 6.09 Å². The number of primary amides is 2. The molecule has 0 aromatic heterocycles. The van der Waals surface area contributed by atoms with E-state index < -0.39 is 12.0 Å². The van der Waals surface area contributed by atoms with Crippen molar-refractivity contribution in [3.63, 3.8) is 0 Å². The molecule has 0 heterocycles. The van der Waals surface area contributed by atoms with Gasteiger partial charge in [0, 0.05) is 18.7 Å². The molecule has 0 spiro atoms. The summed E-state index contributed by atoms with van der Waals surface area (Å²) in [5.41, 5.74) is 11.4. The van der Waals surface area contributed by atoms with E-state index in [1.165, 1.54) is 0 Å². The molecule has 0 saturated carbocycles. The number of hydrogen-bond acceptors (Lipinski definition) is 4. The minimum absolute atomic E-state index is 0.231. The molecule has 1 rings (SSSR count). The molecule has 17 heavy (non-hydrogen) atoms. The molecule has 0 aliphatic rings. The highest BCUT2D eigenvalue weighted by Gasteiger charge is 1.99. The van der Waals surface area contributed by atoms with Gasteiger partial charge in [0.15, 0.2) is 0 Å². The normalized spacial score (nSPS) is 9.88. The maximum Gasteiger partial charge on any atom is 0.404 e. The smallest absolute Gasteiger partial charge is 0.404 e. The van der Waals surface area contributed by atoms with Gasteiger partial charge in [-0.25, -0.2) is 4.79 Å². The van der Waals surface area contributed by atoms with Crippen molar-refractivity contribution in [3.8, 4) is 0 Å². The van der Waals surface area contributed by atoms with E-state index in [1.54, 1.807) is 12.1 Å². The highest BCUT2D eigenvalue weighted by molar-refractivity contribution is 5.92. The predicted octanol–water partition coefficient (Wildman–Crippen LogP) is -0.0296. The van der Waals surface area contributed by atoms with Crippen LogP contribution in [0.25, 0.3) is 0 Å². The molecule has 0 atom stereocenters. The Labute approximate surface area is 98.9 Å². The average Bonchev–Trinajstić information content (AvgIpc) is 2.29. The maximum atomic E-state index is 10.8. The van der Waals surface area contributed by atoms with Crippen molar-refractivity contribution in [1.82, 2.24) is 5.32 Å². The van der Waals surface area contributed by atoms with Crippen LogP contribution in [-0.4, -0.2) is 25.2 Å². The highest BCUT2D eigenvalue weighted by atomic mass is 16.5. The summed E-state index contributed by atoms with van der Waals surface area (Å²) in [7, 11) is 0. The summed E-state index contributed by atoms with van der Waals surface area (Å²) in [5.74, 6) is -0.445. The van der Waals surface area contributed by atoms with Gasteiger partial charge in [-0.2, -0.15) is 0 Å². The zero-order valence-electron chi connectivity index (χ0n) is 9.31. The molecule has 0 unspecified atom stereocenters. The van der Waals surface area contributed by atoms with Crippen LogP contribution in [0.15, 0.2) is 24.3 Å². The van der Waals surface area contributed by atoms with E-state index in [4.69, 9.17) is 11.5 Å². The van der Waals surface area contributed by atoms with Crippen LogP contribution in [0.4, 0.5) is 4.79 Å². The van der Waals surface area contributed by atoms with Crippen molar-refractivity contribution < 1.29 is 14.3 Å². The molecule has 0 saturated heterocycles. The van der Waals surface area contributed by atoms with Gasteiger partial charge in [0.2, 0.25) is 5.91 Å². The molecule has 0 radical (unpaired) electrons. The molecule has 0 fully saturated rings. The molecule has 6 nitrogen and oxygen atoms in total. The Hall–Kier alpha value is -2.08. The first-order valence-corrected chi connectivity index (χ1v) is 5.11. The number of nitrogens with one attached hydrogen (secondary N) is 1. The first-order chi connectivity index (χ1) is 8.09. The summed E-state index contributed by atoms with van der Waals surface area (Å²) in [6.45, 7) is 1.36. The molecular weight excluding hydrogens is 222 g/mol. The third kappa shape index (κ3) is 4.98. The lowest BCUT2D eigenvalue weighted by Crippen LogP contribution is -2.23. The van der Waals surface area contributed by atoms with E-state index in [0.29, 0.717) is 18.7 Å². The molecule has 5 N–H and O–H groups in total. The lowest BCUT2D eigenvalue weighted by molar-refractivity contribution is 0.1000. The first-order valence-electron chi connectivity index (χ1n) is 5.11. The monoisotopic (exact) mass is 237 g/mol. The number of benzene rings is 1. The van der Waals surface area contributed by atoms with Crippen LogP contribution < -0.4 is 16.8 Å². The zero-order valence-corrected chi connectivity index (χ0v) is 9.31. The van der Waals surface area contributed by atoms with Crippen molar-refractivity contribution in [2.45, 2.75) is 6.54 Å². The molecular formula is C11H15N3O3. The van der Waals surface area contributed by atoms with Crippen molar-refractivity contribution in [2.75, 3.05) is 13.2 Å². The second-order valence-electron chi connectivity index (χ2n) is 3.41. The first kappa shape index (κ1) is 13.0. The van der Waals surface area contributed by atoms with Gasteiger partial charge in [-0.05, 0) is 17.7 Å². The fourth-order valence-corrected chi connectivity index (χ4v) is 1.24. The molecule has 6 heteroatoms. The second kappa shape index (κ2) is 6.49. The van der Waals surface area contributed by atoms with Crippen LogP contribution in [0.2, 0.25) is 0 Å². The Bertz CT molecular complexity index is 389. The van der Waals surface area contributed by atoms with Crippen molar-refractivity contribution in [1.29, 1.82) is 0 Å². The summed E-state index contributed by atoms with van der Waals surface area (Å²) in [6, 6.07) is 6.95. The summed E-state index contributed by atoms with van der Waals surface area (Å²) in [5, 5.41) is 3.06. The third-order valence-electron chi connectivity index (χ3n) is 2.09. The Morgan fingerprint density at radius 3 is 2.35 bits per heavy atom. The number of hydrogen-bond donors (Lipinski definition) is 3. The second-order valence-corrected chi connectivity index (χ2v) is 3.41. The molecule has 1 aromatic carbocycles. The van der Waals surface area contributed by atoms with Crippen molar-refractivity contribution in [2.24, 2.45) is 11.5 Å². The van der Waals surface area contributed by atoms with Gasteiger partial charge in [0.1, 0.15) is 6.61 Å². The van der Waals surface area contributed by atoms with Crippen LogP contribution in [0.3, 0.4) is 0 Å². The topological polar surface area (TPSA) is 107 Å². The summed E-state index contributed by atoms with van der Waals surface area (Å²) >= 11 is 0. The van der Waals surface area contributed by atoms with E-state index in [9.17, 15) is 9.59 Å². The van der Waals surface area contributed by atoms with Crippen LogP contribution in [-0.2, 0) is 11.3 Å². The lowest BCUT2D eigenvalue weighted by Gasteiger charge is -2.05. The van der Waals surface area contributed by atoms with E-state index in [0.717, 1.165) is 5.56 Å². The number of amides is 2. The van der Waals surface area contributed by atoms with E-state index in [1.807, 2.05) is 12.1 Å². The summed E-state index contributed by atoms with van der Waals surface area (Å²) < 4.78 is 4.55. The SMILES string of the molecule is NC(=O)OCCNCc1ccc(C(N)=O)cc1. The third-order valence-corrected chi connectivity index (χ3v) is 2.09. The standard InChI is InChI=1S/C11H15N3O3/c12-10(15)9-3-1-8(2-4-9)7-14-5-6-17-11(13)16/h1-4,14H,5-7H2,(H2,12,15)(H2,13,16). The number of ether oxygens (including phenoxy) is 1. The molecule has 0 aliphatic heterocycles. The van der Waals surface area contributed by atoms with Gasteiger partial charge in [0.05, 0.1) is 0 Å². The fourth-order valence-electron chi connectivity index (χ4n) is 1.24. The van der Waals surface area contributed by atoms with Crippen LogP contribution >= 0.6 is 0 Å². The van der Waals surface area contributed by atoms with Crippen LogP contribution in [0, 0.1) is 0 Å². The van der Waals surface area contributed by atoms with Crippen LogP contribution in [0.5, 0.6) is 0 Å². The number of nitrogens with two attached hydrogens (primary N) is 2. The van der Waals surface area contributed by atoms with E-state index in [-0.39, 0.29) is 6.61 Å². The van der Waals surface area contributed by atoms with Gasteiger partial charge < -0.3 is 21.5 Å². The maximum absolute atomic E-state index is 10.8. The van der Waals surface area contributed by atoms with E-state index >= 15 is 0 Å². The molecule has 0 aliphatic carbocycles. The van der Waals surface area contributed by atoms with Crippen molar-refractivity contribution >= 4 is 12.0 Å². The Kier molecular flexibility index (Phi) is 4.96. The Balaban J connectivity index is 2.27. The number of carbonyl (C=O) groups excluding carboxylic acids is 2. The summed E-state index contributed by atoms with van der Waals surface area (Å²) in [6.07, 6.45) is -0.780. The molecule has 2 amide bonds. The lowest BCUT2D eigenvalue weighted by atomic mass is 10.1. The number of carbonyl (C=O) groups is 2.